The summed E-state index contributed by atoms with van der Waals surface area (Å²) in [4.78, 5) is 0. The average molecular weight is 284 g/mol. The van der Waals surface area contributed by atoms with Crippen molar-refractivity contribution in [3.05, 3.63) is 34.3 Å². The molecule has 1 atom stereocenters. The van der Waals surface area contributed by atoms with E-state index in [1.54, 1.807) is 0 Å². The summed E-state index contributed by atoms with van der Waals surface area (Å²) in [5.41, 5.74) is 1.35. The Bertz CT molecular complexity index is 307. The van der Waals surface area contributed by atoms with Crippen molar-refractivity contribution in [3.8, 4) is 0 Å². The maximum Gasteiger partial charge on any atom is 0.0292 e. The van der Waals surface area contributed by atoms with Crippen LogP contribution < -0.4 is 5.32 Å². The molecule has 0 aliphatic carbocycles. The van der Waals surface area contributed by atoms with Crippen LogP contribution in [0.25, 0.3) is 0 Å². The fraction of sp³-hybridized carbons (Fsp3) is 0.571. The molecule has 1 aromatic rings. The van der Waals surface area contributed by atoms with Crippen molar-refractivity contribution in [2.45, 2.75) is 39.7 Å². The van der Waals surface area contributed by atoms with Crippen LogP contribution >= 0.6 is 15.9 Å². The van der Waals surface area contributed by atoms with Gasteiger partial charge in [-0.15, -0.1) is 0 Å². The second kappa shape index (κ2) is 7.08. The van der Waals surface area contributed by atoms with E-state index in [2.05, 4.69) is 66.3 Å². The van der Waals surface area contributed by atoms with Crippen LogP contribution in [-0.4, -0.2) is 6.54 Å². The molecular weight excluding hydrogens is 262 g/mol. The van der Waals surface area contributed by atoms with E-state index in [0.29, 0.717) is 6.04 Å². The standard InChI is InChI=1S/C14H22BrN/c1-4-12(5-2)10-16-11(3)13-7-6-8-14(15)9-13/h6-9,11-12,16H,4-5,10H2,1-3H3/t11-/m0/s1. The highest BCUT2D eigenvalue weighted by molar-refractivity contribution is 9.10. The van der Waals surface area contributed by atoms with E-state index in [1.807, 2.05) is 0 Å². The third kappa shape index (κ3) is 4.26. The zero-order valence-corrected chi connectivity index (χ0v) is 12.0. The molecule has 1 aromatic carbocycles. The molecule has 0 saturated carbocycles. The van der Waals surface area contributed by atoms with Gasteiger partial charge in [0.1, 0.15) is 0 Å². The van der Waals surface area contributed by atoms with Gasteiger partial charge in [0.25, 0.3) is 0 Å². The molecule has 0 amide bonds. The van der Waals surface area contributed by atoms with Crippen LogP contribution in [0.2, 0.25) is 0 Å². The van der Waals surface area contributed by atoms with Gasteiger partial charge >= 0.3 is 0 Å². The number of halogens is 1. The van der Waals surface area contributed by atoms with E-state index in [0.717, 1.165) is 16.9 Å². The Morgan fingerprint density at radius 3 is 2.50 bits per heavy atom. The Balaban J connectivity index is 2.49. The van der Waals surface area contributed by atoms with Crippen molar-refractivity contribution in [2.24, 2.45) is 5.92 Å². The molecule has 0 spiro atoms. The quantitative estimate of drug-likeness (QED) is 0.809. The van der Waals surface area contributed by atoms with E-state index < -0.39 is 0 Å². The molecule has 0 unspecified atom stereocenters. The lowest BCUT2D eigenvalue weighted by Crippen LogP contribution is -2.25. The van der Waals surface area contributed by atoms with Crippen molar-refractivity contribution in [3.63, 3.8) is 0 Å². The Kier molecular flexibility index (Phi) is 6.07. The van der Waals surface area contributed by atoms with Gasteiger partial charge in [0, 0.05) is 10.5 Å². The summed E-state index contributed by atoms with van der Waals surface area (Å²) in [6, 6.07) is 8.95. The van der Waals surface area contributed by atoms with Crippen molar-refractivity contribution in [2.75, 3.05) is 6.54 Å². The van der Waals surface area contributed by atoms with Gasteiger partial charge in [-0.2, -0.15) is 0 Å². The number of rotatable bonds is 6. The molecule has 0 aliphatic rings. The SMILES string of the molecule is CCC(CC)CN[C@@H](C)c1cccc(Br)c1. The molecule has 1 nitrogen and oxygen atoms in total. The summed E-state index contributed by atoms with van der Waals surface area (Å²) in [5.74, 6) is 0.801. The van der Waals surface area contributed by atoms with Gasteiger partial charge in [-0.25, -0.2) is 0 Å². The lowest BCUT2D eigenvalue weighted by atomic mass is 10.0. The third-order valence-corrected chi connectivity index (χ3v) is 3.71. The topological polar surface area (TPSA) is 12.0 Å². The Labute approximate surface area is 108 Å². The summed E-state index contributed by atoms with van der Waals surface area (Å²) in [5, 5.41) is 3.61. The highest BCUT2D eigenvalue weighted by atomic mass is 79.9. The van der Waals surface area contributed by atoms with Crippen LogP contribution in [0.4, 0.5) is 0 Å². The first-order valence-electron chi connectivity index (χ1n) is 6.16. The van der Waals surface area contributed by atoms with Gasteiger partial charge in [-0.05, 0) is 37.1 Å². The largest absolute Gasteiger partial charge is 0.310 e. The maximum atomic E-state index is 3.61. The minimum absolute atomic E-state index is 0.429. The van der Waals surface area contributed by atoms with E-state index in [1.165, 1.54) is 18.4 Å². The van der Waals surface area contributed by atoms with Crippen LogP contribution in [0, 0.1) is 5.92 Å². The maximum absolute atomic E-state index is 3.61. The van der Waals surface area contributed by atoms with Gasteiger partial charge in [-0.1, -0.05) is 54.8 Å². The van der Waals surface area contributed by atoms with Crippen molar-refractivity contribution >= 4 is 15.9 Å². The molecule has 1 rings (SSSR count). The summed E-state index contributed by atoms with van der Waals surface area (Å²) >= 11 is 3.51. The first-order valence-corrected chi connectivity index (χ1v) is 6.95. The minimum atomic E-state index is 0.429. The zero-order chi connectivity index (χ0) is 12.0. The predicted molar refractivity (Wildman–Crippen MR) is 74.6 cm³/mol. The Morgan fingerprint density at radius 1 is 1.25 bits per heavy atom. The molecule has 2 heteroatoms. The highest BCUT2D eigenvalue weighted by Crippen LogP contribution is 2.18. The van der Waals surface area contributed by atoms with Crippen LogP contribution in [-0.2, 0) is 0 Å². The van der Waals surface area contributed by atoms with Gasteiger partial charge in [0.05, 0.1) is 0 Å². The van der Waals surface area contributed by atoms with Crippen LogP contribution in [0.5, 0.6) is 0 Å². The molecule has 1 N–H and O–H groups in total. The molecule has 90 valence electrons. The molecule has 0 heterocycles. The number of hydrogen-bond donors (Lipinski definition) is 1. The number of hydrogen-bond acceptors (Lipinski definition) is 1. The molecule has 0 aliphatic heterocycles. The minimum Gasteiger partial charge on any atom is -0.310 e. The molecule has 0 aromatic heterocycles. The molecule has 0 fully saturated rings. The summed E-state index contributed by atoms with van der Waals surface area (Å²) < 4.78 is 1.15. The van der Waals surface area contributed by atoms with E-state index in [-0.39, 0.29) is 0 Å². The van der Waals surface area contributed by atoms with E-state index >= 15 is 0 Å². The average Bonchev–Trinajstić information content (AvgIpc) is 2.30. The second-order valence-corrected chi connectivity index (χ2v) is 5.28. The van der Waals surface area contributed by atoms with Crippen LogP contribution in [0.1, 0.15) is 45.2 Å². The molecule has 0 radical (unpaired) electrons. The van der Waals surface area contributed by atoms with Crippen LogP contribution in [0.15, 0.2) is 28.7 Å². The molecular formula is C14H22BrN. The molecule has 16 heavy (non-hydrogen) atoms. The van der Waals surface area contributed by atoms with E-state index in [4.69, 9.17) is 0 Å². The molecule has 0 bridgehead atoms. The van der Waals surface area contributed by atoms with Gasteiger partial charge in [-0.3, -0.25) is 0 Å². The lowest BCUT2D eigenvalue weighted by molar-refractivity contribution is 0.422. The first kappa shape index (κ1) is 13.7. The predicted octanol–water partition coefficient (Wildman–Crippen LogP) is 4.54. The van der Waals surface area contributed by atoms with E-state index in [9.17, 15) is 0 Å². The summed E-state index contributed by atoms with van der Waals surface area (Å²) in [6.45, 7) is 7.87. The van der Waals surface area contributed by atoms with Gasteiger partial charge in [0.2, 0.25) is 0 Å². The lowest BCUT2D eigenvalue weighted by Gasteiger charge is -2.19. The van der Waals surface area contributed by atoms with Crippen molar-refractivity contribution < 1.29 is 0 Å². The van der Waals surface area contributed by atoms with Gasteiger partial charge in [0.15, 0.2) is 0 Å². The first-order chi connectivity index (χ1) is 7.67. The fourth-order valence-electron chi connectivity index (χ4n) is 1.81. The highest BCUT2D eigenvalue weighted by Gasteiger charge is 2.08. The van der Waals surface area contributed by atoms with Gasteiger partial charge < -0.3 is 5.32 Å². The second-order valence-electron chi connectivity index (χ2n) is 4.37. The normalized spacial score (nSPS) is 13.1. The summed E-state index contributed by atoms with van der Waals surface area (Å²) in [7, 11) is 0. The Hall–Kier alpha value is -0.340. The smallest absolute Gasteiger partial charge is 0.0292 e. The molecule has 0 saturated heterocycles. The van der Waals surface area contributed by atoms with Crippen molar-refractivity contribution in [1.29, 1.82) is 0 Å². The summed E-state index contributed by atoms with van der Waals surface area (Å²) in [6.07, 6.45) is 2.52. The van der Waals surface area contributed by atoms with Crippen LogP contribution in [0.3, 0.4) is 0 Å². The third-order valence-electron chi connectivity index (χ3n) is 3.22. The number of benzene rings is 1. The zero-order valence-electron chi connectivity index (χ0n) is 10.5. The number of nitrogens with one attached hydrogen (secondary N) is 1. The monoisotopic (exact) mass is 283 g/mol. The Morgan fingerprint density at radius 2 is 1.94 bits per heavy atom. The fourth-order valence-corrected chi connectivity index (χ4v) is 2.23. The van der Waals surface area contributed by atoms with Crippen molar-refractivity contribution in [1.82, 2.24) is 5.32 Å².